The Labute approximate surface area is 71.7 Å². The molecule has 1 rings (SSSR count). The van der Waals surface area contributed by atoms with Gasteiger partial charge in [-0.25, -0.2) is 4.98 Å². The van der Waals surface area contributed by atoms with Gasteiger partial charge in [0.1, 0.15) is 5.82 Å². The molecule has 0 bridgehead atoms. The number of hydrogen-bond acceptors (Lipinski definition) is 4. The molecule has 0 radical (unpaired) electrons. The average Bonchev–Trinajstić information content (AvgIpc) is 2.04. The zero-order valence-electron chi connectivity index (χ0n) is 6.41. The van der Waals surface area contributed by atoms with Crippen molar-refractivity contribution in [1.29, 1.82) is 0 Å². The molecule has 0 aromatic carbocycles. The SMILES string of the molecule is Cc1cnc(NCCS)cn1. The van der Waals surface area contributed by atoms with Crippen LogP contribution < -0.4 is 5.32 Å². The Bertz CT molecular complexity index is 209. The fourth-order valence-corrected chi connectivity index (χ4v) is 0.780. The number of nitrogens with zero attached hydrogens (tertiary/aromatic N) is 2. The van der Waals surface area contributed by atoms with Crippen LogP contribution in [0.5, 0.6) is 0 Å². The second-order valence-corrected chi connectivity index (χ2v) is 2.64. The van der Waals surface area contributed by atoms with E-state index in [-0.39, 0.29) is 0 Å². The fourth-order valence-electron chi connectivity index (χ4n) is 0.668. The van der Waals surface area contributed by atoms with Crippen molar-refractivity contribution in [2.24, 2.45) is 0 Å². The molecule has 1 aromatic heterocycles. The number of aromatic nitrogens is 2. The molecule has 1 N–H and O–H groups in total. The summed E-state index contributed by atoms with van der Waals surface area (Å²) in [4.78, 5) is 8.19. The van der Waals surface area contributed by atoms with Crippen molar-refractivity contribution >= 4 is 18.4 Å². The number of anilines is 1. The summed E-state index contributed by atoms with van der Waals surface area (Å²) in [6.07, 6.45) is 3.46. The van der Waals surface area contributed by atoms with Gasteiger partial charge in [-0.1, -0.05) is 0 Å². The van der Waals surface area contributed by atoms with Crippen LogP contribution in [-0.2, 0) is 0 Å². The second kappa shape index (κ2) is 4.18. The van der Waals surface area contributed by atoms with Gasteiger partial charge >= 0.3 is 0 Å². The third-order valence-electron chi connectivity index (χ3n) is 1.20. The Morgan fingerprint density at radius 3 is 2.82 bits per heavy atom. The Balaban J connectivity index is 2.52. The van der Waals surface area contributed by atoms with E-state index in [0.717, 1.165) is 23.8 Å². The first-order chi connectivity index (χ1) is 5.33. The van der Waals surface area contributed by atoms with Crippen LogP contribution in [-0.4, -0.2) is 22.3 Å². The molecule has 1 heterocycles. The van der Waals surface area contributed by atoms with Crippen molar-refractivity contribution in [2.75, 3.05) is 17.6 Å². The minimum absolute atomic E-state index is 0.801. The zero-order chi connectivity index (χ0) is 8.10. The smallest absolute Gasteiger partial charge is 0.144 e. The highest BCUT2D eigenvalue weighted by Crippen LogP contribution is 1.98. The van der Waals surface area contributed by atoms with Crippen molar-refractivity contribution in [3.63, 3.8) is 0 Å². The summed E-state index contributed by atoms with van der Waals surface area (Å²) in [5.74, 6) is 1.61. The highest BCUT2D eigenvalue weighted by Gasteiger charge is 1.90. The summed E-state index contributed by atoms with van der Waals surface area (Å²) in [5, 5.41) is 3.07. The van der Waals surface area contributed by atoms with Gasteiger partial charge in [0.15, 0.2) is 0 Å². The van der Waals surface area contributed by atoms with Crippen LogP contribution in [0.1, 0.15) is 5.69 Å². The lowest BCUT2D eigenvalue weighted by Gasteiger charge is -2.01. The summed E-state index contributed by atoms with van der Waals surface area (Å²) >= 11 is 4.06. The molecule has 1 aromatic rings. The van der Waals surface area contributed by atoms with E-state index in [2.05, 4.69) is 27.9 Å². The maximum absolute atomic E-state index is 4.11. The molecule has 0 atom stereocenters. The number of thiol groups is 1. The first kappa shape index (κ1) is 8.33. The van der Waals surface area contributed by atoms with E-state index in [1.165, 1.54) is 0 Å². The molecule has 0 saturated carbocycles. The monoisotopic (exact) mass is 169 g/mol. The van der Waals surface area contributed by atoms with Gasteiger partial charge in [-0.2, -0.15) is 12.6 Å². The van der Waals surface area contributed by atoms with Gasteiger partial charge in [0.05, 0.1) is 18.1 Å². The molecule has 0 fully saturated rings. The van der Waals surface area contributed by atoms with Crippen LogP contribution in [0.15, 0.2) is 12.4 Å². The maximum atomic E-state index is 4.11. The van der Waals surface area contributed by atoms with Gasteiger partial charge < -0.3 is 5.32 Å². The summed E-state index contributed by atoms with van der Waals surface area (Å²) in [6.45, 7) is 2.73. The highest BCUT2D eigenvalue weighted by atomic mass is 32.1. The minimum Gasteiger partial charge on any atom is -0.368 e. The topological polar surface area (TPSA) is 37.8 Å². The van der Waals surface area contributed by atoms with Crippen molar-refractivity contribution in [2.45, 2.75) is 6.92 Å². The Morgan fingerprint density at radius 2 is 2.27 bits per heavy atom. The molecule has 4 heteroatoms. The lowest BCUT2D eigenvalue weighted by molar-refractivity contribution is 1.09. The first-order valence-corrected chi connectivity index (χ1v) is 4.09. The predicted octanol–water partition coefficient (Wildman–Crippen LogP) is 1.13. The molecule has 60 valence electrons. The molecular weight excluding hydrogens is 158 g/mol. The van der Waals surface area contributed by atoms with Gasteiger partial charge in [0, 0.05) is 12.3 Å². The van der Waals surface area contributed by atoms with Crippen LogP contribution in [0, 0.1) is 6.92 Å². The molecule has 0 aliphatic carbocycles. The summed E-state index contributed by atoms with van der Waals surface area (Å²) in [5.41, 5.74) is 0.932. The summed E-state index contributed by atoms with van der Waals surface area (Å²) < 4.78 is 0. The van der Waals surface area contributed by atoms with E-state index >= 15 is 0 Å². The Morgan fingerprint density at radius 1 is 1.45 bits per heavy atom. The summed E-state index contributed by atoms with van der Waals surface area (Å²) in [7, 11) is 0. The largest absolute Gasteiger partial charge is 0.368 e. The average molecular weight is 169 g/mol. The molecule has 0 amide bonds. The molecule has 0 aliphatic heterocycles. The third-order valence-corrected chi connectivity index (χ3v) is 1.42. The predicted molar refractivity (Wildman–Crippen MR) is 49.1 cm³/mol. The van der Waals surface area contributed by atoms with Crippen LogP contribution in [0.2, 0.25) is 0 Å². The van der Waals surface area contributed by atoms with Crippen molar-refractivity contribution in [1.82, 2.24) is 9.97 Å². The van der Waals surface area contributed by atoms with Crippen LogP contribution >= 0.6 is 12.6 Å². The number of hydrogen-bond donors (Lipinski definition) is 2. The van der Waals surface area contributed by atoms with E-state index in [4.69, 9.17) is 0 Å². The van der Waals surface area contributed by atoms with Crippen molar-refractivity contribution in [3.05, 3.63) is 18.1 Å². The number of aryl methyl sites for hydroxylation is 1. The molecule has 11 heavy (non-hydrogen) atoms. The van der Waals surface area contributed by atoms with Crippen molar-refractivity contribution < 1.29 is 0 Å². The number of rotatable bonds is 3. The molecule has 0 spiro atoms. The van der Waals surface area contributed by atoms with Gasteiger partial charge in [0.25, 0.3) is 0 Å². The van der Waals surface area contributed by atoms with E-state index in [0.29, 0.717) is 0 Å². The highest BCUT2D eigenvalue weighted by molar-refractivity contribution is 7.80. The van der Waals surface area contributed by atoms with E-state index < -0.39 is 0 Å². The van der Waals surface area contributed by atoms with Crippen molar-refractivity contribution in [3.8, 4) is 0 Å². The lowest BCUT2D eigenvalue weighted by Crippen LogP contribution is -2.04. The van der Waals surface area contributed by atoms with Gasteiger partial charge in [-0.05, 0) is 6.92 Å². The van der Waals surface area contributed by atoms with Gasteiger partial charge in [-0.3, -0.25) is 4.98 Å². The van der Waals surface area contributed by atoms with Crippen LogP contribution in [0.4, 0.5) is 5.82 Å². The Kier molecular flexibility index (Phi) is 3.16. The van der Waals surface area contributed by atoms with E-state index in [1.807, 2.05) is 6.92 Å². The fraction of sp³-hybridized carbons (Fsp3) is 0.429. The molecule has 3 nitrogen and oxygen atoms in total. The zero-order valence-corrected chi connectivity index (χ0v) is 7.30. The first-order valence-electron chi connectivity index (χ1n) is 3.46. The van der Waals surface area contributed by atoms with E-state index in [1.54, 1.807) is 12.4 Å². The molecular formula is C7H11N3S. The molecule has 0 aliphatic rings. The number of nitrogens with one attached hydrogen (secondary N) is 1. The standard InChI is InChI=1S/C7H11N3S/c1-6-4-10-7(5-9-6)8-2-3-11/h4-5,11H,2-3H2,1H3,(H,8,10). The Hall–Kier alpha value is -0.770. The van der Waals surface area contributed by atoms with Crippen LogP contribution in [0.25, 0.3) is 0 Å². The quantitative estimate of drug-likeness (QED) is 0.666. The third kappa shape index (κ3) is 2.76. The van der Waals surface area contributed by atoms with Gasteiger partial charge in [0.2, 0.25) is 0 Å². The summed E-state index contributed by atoms with van der Waals surface area (Å²) in [6, 6.07) is 0. The van der Waals surface area contributed by atoms with Gasteiger partial charge in [-0.15, -0.1) is 0 Å². The van der Waals surface area contributed by atoms with Crippen LogP contribution in [0.3, 0.4) is 0 Å². The van der Waals surface area contributed by atoms with E-state index in [9.17, 15) is 0 Å². The molecule has 0 saturated heterocycles. The lowest BCUT2D eigenvalue weighted by atomic mass is 10.5. The minimum atomic E-state index is 0.801. The second-order valence-electron chi connectivity index (χ2n) is 2.19. The molecule has 0 unspecified atom stereocenters. The normalized spacial score (nSPS) is 9.64. The maximum Gasteiger partial charge on any atom is 0.144 e.